The highest BCUT2D eigenvalue weighted by atomic mass is 19.1. The molecule has 0 saturated carbocycles. The second-order valence-corrected chi connectivity index (χ2v) is 4.15. The number of halogens is 2. The molecule has 0 aliphatic carbocycles. The quantitative estimate of drug-likeness (QED) is 0.744. The zero-order valence-corrected chi connectivity index (χ0v) is 9.72. The molecule has 0 spiro atoms. The number of hydrogen-bond donors (Lipinski definition) is 1. The molecule has 0 saturated heterocycles. The lowest BCUT2D eigenvalue weighted by Gasteiger charge is -2.08. The molecule has 2 aromatic carbocycles. The second-order valence-electron chi connectivity index (χ2n) is 4.15. The van der Waals surface area contributed by atoms with Gasteiger partial charge in [-0.25, -0.2) is 8.78 Å². The molecule has 2 aromatic rings. The van der Waals surface area contributed by atoms with Crippen LogP contribution < -0.4 is 5.73 Å². The summed E-state index contributed by atoms with van der Waals surface area (Å²) in [7, 11) is 0. The van der Waals surface area contributed by atoms with Crippen molar-refractivity contribution >= 4 is 5.69 Å². The lowest BCUT2D eigenvalue weighted by molar-refractivity contribution is 0.595. The van der Waals surface area contributed by atoms with Gasteiger partial charge in [0.15, 0.2) is 0 Å². The number of nitrogens with two attached hydrogens (primary N) is 1. The average molecular weight is 233 g/mol. The van der Waals surface area contributed by atoms with Gasteiger partial charge in [-0.15, -0.1) is 0 Å². The van der Waals surface area contributed by atoms with Gasteiger partial charge in [-0.3, -0.25) is 0 Å². The zero-order chi connectivity index (χ0) is 12.6. The topological polar surface area (TPSA) is 26.0 Å². The number of nitrogen functional groups attached to an aromatic ring is 1. The van der Waals surface area contributed by atoms with Crippen LogP contribution in [0.2, 0.25) is 0 Å². The first-order valence-corrected chi connectivity index (χ1v) is 5.31. The van der Waals surface area contributed by atoms with Crippen molar-refractivity contribution < 1.29 is 8.78 Å². The maximum atomic E-state index is 13.7. The Hall–Kier alpha value is -1.90. The second kappa shape index (κ2) is 4.17. The minimum Gasteiger partial charge on any atom is -0.398 e. The van der Waals surface area contributed by atoms with Gasteiger partial charge in [0.05, 0.1) is 0 Å². The maximum absolute atomic E-state index is 13.7. The lowest BCUT2D eigenvalue weighted by Crippen LogP contribution is -1.93. The van der Waals surface area contributed by atoms with E-state index in [2.05, 4.69) is 0 Å². The fraction of sp³-hybridized carbons (Fsp3) is 0.143. The van der Waals surface area contributed by atoms with Crippen molar-refractivity contribution in [2.75, 3.05) is 5.73 Å². The predicted octanol–water partition coefficient (Wildman–Crippen LogP) is 3.83. The first-order chi connectivity index (χ1) is 7.99. The van der Waals surface area contributed by atoms with Crippen LogP contribution in [0.1, 0.15) is 11.1 Å². The van der Waals surface area contributed by atoms with Crippen molar-refractivity contribution in [1.29, 1.82) is 0 Å². The van der Waals surface area contributed by atoms with E-state index in [4.69, 9.17) is 5.73 Å². The largest absolute Gasteiger partial charge is 0.398 e. The smallest absolute Gasteiger partial charge is 0.131 e. The number of rotatable bonds is 1. The summed E-state index contributed by atoms with van der Waals surface area (Å²) < 4.78 is 27.2. The van der Waals surface area contributed by atoms with Crippen LogP contribution >= 0.6 is 0 Å². The Morgan fingerprint density at radius 2 is 1.59 bits per heavy atom. The minimum absolute atomic E-state index is 0.236. The third-order valence-electron chi connectivity index (χ3n) is 2.84. The Labute approximate surface area is 98.9 Å². The van der Waals surface area contributed by atoms with E-state index in [0.717, 1.165) is 5.56 Å². The van der Waals surface area contributed by atoms with Gasteiger partial charge in [0.25, 0.3) is 0 Å². The minimum atomic E-state index is -0.438. The van der Waals surface area contributed by atoms with Gasteiger partial charge in [-0.05, 0) is 48.7 Å². The monoisotopic (exact) mass is 233 g/mol. The van der Waals surface area contributed by atoms with Crippen LogP contribution in [0.15, 0.2) is 30.3 Å². The van der Waals surface area contributed by atoms with Crippen molar-refractivity contribution in [3.05, 3.63) is 53.1 Å². The van der Waals surface area contributed by atoms with E-state index in [-0.39, 0.29) is 5.56 Å². The van der Waals surface area contributed by atoms with Gasteiger partial charge < -0.3 is 5.73 Å². The van der Waals surface area contributed by atoms with E-state index < -0.39 is 11.6 Å². The van der Waals surface area contributed by atoms with Crippen LogP contribution in [-0.4, -0.2) is 0 Å². The Morgan fingerprint density at radius 1 is 0.882 bits per heavy atom. The maximum Gasteiger partial charge on any atom is 0.131 e. The average Bonchev–Trinajstić information content (AvgIpc) is 2.27. The molecule has 0 atom stereocenters. The van der Waals surface area contributed by atoms with Gasteiger partial charge in [0, 0.05) is 11.3 Å². The van der Waals surface area contributed by atoms with Crippen LogP contribution in [0.25, 0.3) is 11.1 Å². The van der Waals surface area contributed by atoms with E-state index in [1.54, 1.807) is 18.2 Å². The van der Waals surface area contributed by atoms with Gasteiger partial charge in [-0.2, -0.15) is 0 Å². The highest BCUT2D eigenvalue weighted by Crippen LogP contribution is 2.27. The third-order valence-corrected chi connectivity index (χ3v) is 2.84. The Bertz CT molecular complexity index is 577. The molecule has 0 radical (unpaired) electrons. The Kier molecular flexibility index (Phi) is 2.84. The van der Waals surface area contributed by atoms with Gasteiger partial charge in [0.1, 0.15) is 11.6 Å². The van der Waals surface area contributed by atoms with Crippen LogP contribution in [-0.2, 0) is 0 Å². The van der Waals surface area contributed by atoms with Gasteiger partial charge >= 0.3 is 0 Å². The number of anilines is 1. The summed E-state index contributed by atoms with van der Waals surface area (Å²) in [6, 6.07) is 7.58. The van der Waals surface area contributed by atoms with Crippen molar-refractivity contribution in [2.45, 2.75) is 13.8 Å². The first-order valence-electron chi connectivity index (χ1n) is 5.31. The summed E-state index contributed by atoms with van der Waals surface area (Å²) in [6.07, 6.45) is 0. The van der Waals surface area contributed by atoms with Crippen molar-refractivity contribution in [2.24, 2.45) is 0 Å². The molecule has 1 nitrogen and oxygen atoms in total. The number of benzene rings is 2. The summed E-state index contributed by atoms with van der Waals surface area (Å²) >= 11 is 0. The summed E-state index contributed by atoms with van der Waals surface area (Å²) in [6.45, 7) is 3.40. The first kappa shape index (κ1) is 11.6. The van der Waals surface area contributed by atoms with E-state index in [1.807, 2.05) is 6.92 Å². The third kappa shape index (κ3) is 2.13. The van der Waals surface area contributed by atoms with Crippen LogP contribution in [0.3, 0.4) is 0 Å². The Morgan fingerprint density at radius 3 is 2.24 bits per heavy atom. The molecule has 0 heterocycles. The molecule has 2 N–H and O–H groups in total. The van der Waals surface area contributed by atoms with Crippen molar-refractivity contribution in [1.82, 2.24) is 0 Å². The summed E-state index contributed by atoms with van der Waals surface area (Å²) in [5, 5.41) is 0. The molecular weight excluding hydrogens is 220 g/mol. The fourth-order valence-electron chi connectivity index (χ4n) is 1.68. The number of hydrogen-bond acceptors (Lipinski definition) is 1. The zero-order valence-electron chi connectivity index (χ0n) is 9.72. The molecule has 88 valence electrons. The molecule has 0 aromatic heterocycles. The molecule has 17 heavy (non-hydrogen) atoms. The highest BCUT2D eigenvalue weighted by molar-refractivity contribution is 5.69. The number of aryl methyl sites for hydroxylation is 2. The fourth-order valence-corrected chi connectivity index (χ4v) is 1.68. The van der Waals surface area contributed by atoms with E-state index in [9.17, 15) is 8.78 Å². The molecule has 0 aliphatic heterocycles. The van der Waals surface area contributed by atoms with E-state index >= 15 is 0 Å². The molecule has 0 fully saturated rings. The predicted molar refractivity (Wildman–Crippen MR) is 65.7 cm³/mol. The molecule has 0 unspecified atom stereocenters. The lowest BCUT2D eigenvalue weighted by atomic mass is 10.0. The van der Waals surface area contributed by atoms with Gasteiger partial charge in [-0.1, -0.05) is 12.1 Å². The molecule has 0 bridgehead atoms. The summed E-state index contributed by atoms with van der Waals surface area (Å²) in [5.41, 5.74) is 8.37. The van der Waals surface area contributed by atoms with E-state index in [1.165, 1.54) is 19.1 Å². The molecule has 2 rings (SSSR count). The molecule has 0 amide bonds. The van der Waals surface area contributed by atoms with E-state index in [0.29, 0.717) is 16.8 Å². The highest BCUT2D eigenvalue weighted by Gasteiger charge is 2.10. The van der Waals surface area contributed by atoms with Crippen molar-refractivity contribution in [3.63, 3.8) is 0 Å². The molecule has 0 aliphatic rings. The summed E-state index contributed by atoms with van der Waals surface area (Å²) in [4.78, 5) is 0. The van der Waals surface area contributed by atoms with Crippen molar-refractivity contribution in [3.8, 4) is 11.1 Å². The molecular formula is C14H13F2N. The van der Waals surface area contributed by atoms with Crippen LogP contribution in [0.5, 0.6) is 0 Å². The Balaban J connectivity index is 2.60. The van der Waals surface area contributed by atoms with Gasteiger partial charge in [0.2, 0.25) is 0 Å². The SMILES string of the molecule is Cc1ccc(-c2cc(F)c(C)cc2F)cc1N. The van der Waals surface area contributed by atoms with Crippen LogP contribution in [0.4, 0.5) is 14.5 Å². The normalized spacial score (nSPS) is 10.6. The molecule has 3 heteroatoms. The summed E-state index contributed by atoms with van der Waals surface area (Å²) in [5.74, 6) is -0.854. The standard InChI is InChI=1S/C14H13F2N/c1-8-3-4-10(6-14(8)17)11-7-12(15)9(2)5-13(11)16/h3-7H,17H2,1-2H3. The van der Waals surface area contributed by atoms with Crippen LogP contribution in [0, 0.1) is 25.5 Å².